The minimum atomic E-state index is 0.559. The third kappa shape index (κ3) is 2.44. The van der Waals surface area contributed by atoms with Gasteiger partial charge in [0.25, 0.3) is 0 Å². The number of halogens is 3. The van der Waals surface area contributed by atoms with Crippen LogP contribution >= 0.6 is 34.8 Å². The van der Waals surface area contributed by atoms with Crippen molar-refractivity contribution in [3.63, 3.8) is 0 Å². The first-order valence-electron chi connectivity index (χ1n) is 6.48. The molecule has 1 aliphatic rings. The number of pyridine rings is 1. The number of rotatable bonds is 1. The zero-order valence-corrected chi connectivity index (χ0v) is 13.3. The van der Waals surface area contributed by atoms with Gasteiger partial charge in [-0.15, -0.1) is 0 Å². The zero-order chi connectivity index (χ0) is 14.3. The molecule has 20 heavy (non-hydrogen) atoms. The number of hydrogen-bond donors (Lipinski definition) is 1. The molecule has 0 saturated carbocycles. The molecule has 0 spiro atoms. The van der Waals surface area contributed by atoms with Crippen LogP contribution in [0.4, 0.5) is 5.69 Å². The predicted molar refractivity (Wildman–Crippen MR) is 86.6 cm³/mol. The highest BCUT2D eigenvalue weighted by Crippen LogP contribution is 2.39. The van der Waals surface area contributed by atoms with Gasteiger partial charge in [0.1, 0.15) is 0 Å². The number of hydrogen-bond acceptors (Lipinski definition) is 3. The molecule has 1 fully saturated rings. The number of fused-ring (bicyclic) bond motifs is 1. The van der Waals surface area contributed by atoms with E-state index in [4.69, 9.17) is 34.8 Å². The van der Waals surface area contributed by atoms with Gasteiger partial charge >= 0.3 is 0 Å². The fourth-order valence-electron chi connectivity index (χ4n) is 2.56. The summed E-state index contributed by atoms with van der Waals surface area (Å²) in [4.78, 5) is 6.77. The third-order valence-corrected chi connectivity index (χ3v) is 4.48. The van der Waals surface area contributed by atoms with Gasteiger partial charge in [0.15, 0.2) is 0 Å². The lowest BCUT2D eigenvalue weighted by atomic mass is 10.1. The number of nitrogens with zero attached hydrogens (tertiary/aromatic N) is 2. The second kappa shape index (κ2) is 5.57. The van der Waals surface area contributed by atoms with E-state index in [1.54, 1.807) is 6.07 Å². The smallest absolute Gasteiger partial charge is 0.0914 e. The van der Waals surface area contributed by atoms with Crippen molar-refractivity contribution in [2.45, 2.75) is 6.92 Å². The summed E-state index contributed by atoms with van der Waals surface area (Å²) < 4.78 is 0. The maximum atomic E-state index is 6.50. The van der Waals surface area contributed by atoms with E-state index in [-0.39, 0.29) is 0 Å². The first-order valence-corrected chi connectivity index (χ1v) is 7.62. The highest BCUT2D eigenvalue weighted by atomic mass is 35.5. The van der Waals surface area contributed by atoms with Crippen LogP contribution in [0, 0.1) is 6.92 Å². The number of benzene rings is 1. The molecular weight excluding hydrogens is 317 g/mol. The lowest BCUT2D eigenvalue weighted by molar-refractivity contribution is 0.590. The summed E-state index contributed by atoms with van der Waals surface area (Å²) in [6, 6.07) is 3.60. The predicted octanol–water partition coefficient (Wildman–Crippen LogP) is 3.91. The first kappa shape index (κ1) is 14.2. The fourth-order valence-corrected chi connectivity index (χ4v) is 3.36. The second-order valence-electron chi connectivity index (χ2n) is 4.88. The van der Waals surface area contributed by atoms with E-state index in [2.05, 4.69) is 15.2 Å². The molecule has 3 nitrogen and oxygen atoms in total. The summed E-state index contributed by atoms with van der Waals surface area (Å²) in [7, 11) is 0. The van der Waals surface area contributed by atoms with E-state index in [9.17, 15) is 0 Å². The Bertz CT molecular complexity index is 666. The Hall–Kier alpha value is -0.740. The molecule has 1 saturated heterocycles. The summed E-state index contributed by atoms with van der Waals surface area (Å²) in [5, 5.41) is 6.09. The molecule has 1 aromatic carbocycles. The van der Waals surface area contributed by atoms with Gasteiger partial charge in [-0.05, 0) is 19.1 Å². The maximum Gasteiger partial charge on any atom is 0.0914 e. The van der Waals surface area contributed by atoms with E-state index in [0.29, 0.717) is 15.1 Å². The highest BCUT2D eigenvalue weighted by Gasteiger charge is 2.20. The van der Waals surface area contributed by atoms with Gasteiger partial charge in [0.2, 0.25) is 0 Å². The van der Waals surface area contributed by atoms with Crippen molar-refractivity contribution in [3.8, 4) is 0 Å². The van der Waals surface area contributed by atoms with Crippen molar-refractivity contribution in [1.29, 1.82) is 0 Å². The van der Waals surface area contributed by atoms with E-state index < -0.39 is 0 Å². The van der Waals surface area contributed by atoms with Gasteiger partial charge in [0.05, 0.1) is 26.9 Å². The molecular formula is C14H14Cl3N3. The van der Waals surface area contributed by atoms with E-state index >= 15 is 0 Å². The lowest BCUT2D eigenvalue weighted by Crippen LogP contribution is -2.43. The Labute approximate surface area is 132 Å². The Balaban J connectivity index is 2.29. The number of nitrogens with one attached hydrogen (secondary N) is 1. The van der Waals surface area contributed by atoms with Gasteiger partial charge in [-0.2, -0.15) is 0 Å². The summed E-state index contributed by atoms with van der Waals surface area (Å²) in [6.45, 7) is 5.59. The standard InChI is InChI=1S/C14H14Cl3N3/c1-8-12(17)14(20-4-2-18-3-5-20)10-6-9(15)7-11(16)13(10)19-8/h6-7,18H,2-5H2,1H3. The molecule has 0 radical (unpaired) electrons. The zero-order valence-electron chi connectivity index (χ0n) is 11.0. The largest absolute Gasteiger partial charge is 0.367 e. The molecule has 0 aliphatic carbocycles. The van der Waals surface area contributed by atoms with Crippen LogP contribution in [0.25, 0.3) is 10.9 Å². The topological polar surface area (TPSA) is 28.2 Å². The van der Waals surface area contributed by atoms with Crippen molar-refractivity contribution in [3.05, 3.63) is 32.9 Å². The number of aromatic nitrogens is 1. The molecule has 2 heterocycles. The fraction of sp³-hybridized carbons (Fsp3) is 0.357. The molecule has 1 N–H and O–H groups in total. The Morgan fingerprint density at radius 2 is 1.85 bits per heavy atom. The van der Waals surface area contributed by atoms with Crippen LogP contribution in [0.3, 0.4) is 0 Å². The summed E-state index contributed by atoms with van der Waals surface area (Å²) in [5.41, 5.74) is 2.53. The van der Waals surface area contributed by atoms with Crippen LogP contribution in [0.1, 0.15) is 5.69 Å². The normalized spacial score (nSPS) is 15.9. The molecule has 1 aromatic heterocycles. The minimum absolute atomic E-state index is 0.559. The molecule has 0 atom stereocenters. The Kier molecular flexibility index (Phi) is 3.95. The first-order chi connectivity index (χ1) is 9.58. The molecule has 2 aromatic rings. The van der Waals surface area contributed by atoms with Crippen LogP contribution in [0.5, 0.6) is 0 Å². The summed E-state index contributed by atoms with van der Waals surface area (Å²) >= 11 is 18.9. The number of piperazine rings is 1. The highest BCUT2D eigenvalue weighted by molar-refractivity contribution is 6.40. The number of anilines is 1. The SMILES string of the molecule is Cc1nc2c(Cl)cc(Cl)cc2c(N2CCNCC2)c1Cl. The quantitative estimate of drug-likeness (QED) is 0.859. The van der Waals surface area contributed by atoms with Crippen LogP contribution in [0.2, 0.25) is 15.1 Å². The van der Waals surface area contributed by atoms with Crippen molar-refractivity contribution in [2.24, 2.45) is 0 Å². The number of aryl methyl sites for hydroxylation is 1. The Morgan fingerprint density at radius 3 is 2.55 bits per heavy atom. The minimum Gasteiger partial charge on any atom is -0.367 e. The van der Waals surface area contributed by atoms with E-state index in [1.807, 2.05) is 13.0 Å². The molecule has 6 heteroatoms. The average molecular weight is 331 g/mol. The Morgan fingerprint density at radius 1 is 1.15 bits per heavy atom. The lowest BCUT2D eigenvalue weighted by Gasteiger charge is -2.31. The molecule has 0 unspecified atom stereocenters. The van der Waals surface area contributed by atoms with Crippen LogP contribution < -0.4 is 10.2 Å². The van der Waals surface area contributed by atoms with E-state index in [1.165, 1.54) is 0 Å². The van der Waals surface area contributed by atoms with Crippen molar-refractivity contribution < 1.29 is 0 Å². The molecule has 1 aliphatic heterocycles. The molecule has 0 amide bonds. The summed E-state index contributed by atoms with van der Waals surface area (Å²) in [5.74, 6) is 0. The van der Waals surface area contributed by atoms with Crippen LogP contribution in [-0.4, -0.2) is 31.2 Å². The third-order valence-electron chi connectivity index (χ3n) is 3.52. The molecule has 0 bridgehead atoms. The monoisotopic (exact) mass is 329 g/mol. The molecule has 106 valence electrons. The summed E-state index contributed by atoms with van der Waals surface area (Å²) in [6.07, 6.45) is 0. The average Bonchev–Trinajstić information content (AvgIpc) is 2.42. The van der Waals surface area contributed by atoms with Gasteiger partial charge in [-0.25, -0.2) is 4.98 Å². The van der Waals surface area contributed by atoms with Gasteiger partial charge in [0, 0.05) is 36.6 Å². The van der Waals surface area contributed by atoms with Gasteiger partial charge < -0.3 is 10.2 Å². The van der Waals surface area contributed by atoms with Gasteiger partial charge in [-0.1, -0.05) is 34.8 Å². The van der Waals surface area contributed by atoms with Crippen LogP contribution in [0.15, 0.2) is 12.1 Å². The van der Waals surface area contributed by atoms with Gasteiger partial charge in [-0.3, -0.25) is 0 Å². The van der Waals surface area contributed by atoms with Crippen molar-refractivity contribution in [1.82, 2.24) is 10.3 Å². The molecule has 3 rings (SSSR count). The van der Waals surface area contributed by atoms with E-state index in [0.717, 1.165) is 48.5 Å². The second-order valence-corrected chi connectivity index (χ2v) is 6.10. The van der Waals surface area contributed by atoms with Crippen molar-refractivity contribution in [2.75, 3.05) is 31.1 Å². The van der Waals surface area contributed by atoms with Crippen LogP contribution in [-0.2, 0) is 0 Å². The van der Waals surface area contributed by atoms with Crippen molar-refractivity contribution >= 4 is 51.4 Å². The maximum absolute atomic E-state index is 6.50.